The fourth-order valence-electron chi connectivity index (χ4n) is 1.64. The van der Waals surface area contributed by atoms with E-state index in [1.165, 1.54) is 6.08 Å². The van der Waals surface area contributed by atoms with E-state index >= 15 is 0 Å². The number of carbonyl (C=O) groups excluding carboxylic acids is 2. The van der Waals surface area contributed by atoms with Crippen molar-refractivity contribution >= 4 is 11.9 Å². The summed E-state index contributed by atoms with van der Waals surface area (Å²) < 4.78 is 5.55. The zero-order valence-corrected chi connectivity index (χ0v) is 12.0. The number of likely N-dealkylation sites (N-methyl/N-ethyl adjacent to an activating group) is 1. The number of aliphatic hydroxyl groups excluding tert-OH is 1. The molecule has 0 aliphatic carbocycles. The molecule has 0 radical (unpaired) electrons. The number of rotatable bonds is 8. The largest absolute Gasteiger partial charge is 0.550 e. The Kier molecular flexibility index (Phi) is 7.33. The smallest absolute Gasteiger partial charge is 0.309 e. The van der Waals surface area contributed by atoms with Crippen molar-refractivity contribution < 1.29 is 29.0 Å². The molecule has 6 heteroatoms. The van der Waals surface area contributed by atoms with Crippen LogP contribution < -0.4 is 5.11 Å². The maximum absolute atomic E-state index is 11.6. The van der Waals surface area contributed by atoms with Gasteiger partial charge in [-0.3, -0.25) is 4.79 Å². The summed E-state index contributed by atoms with van der Waals surface area (Å²) in [6.45, 7) is 2.09. The molecule has 0 rings (SSSR count). The van der Waals surface area contributed by atoms with E-state index in [0.29, 0.717) is 11.0 Å². The molecule has 0 saturated carbocycles. The summed E-state index contributed by atoms with van der Waals surface area (Å²) in [7, 11) is 5.60. The Hall–Kier alpha value is -1.40. The van der Waals surface area contributed by atoms with Gasteiger partial charge in [0, 0.05) is 12.4 Å². The van der Waals surface area contributed by atoms with E-state index in [0.717, 1.165) is 0 Å². The molecule has 0 aliphatic rings. The lowest BCUT2D eigenvalue weighted by Crippen LogP contribution is -2.45. The highest BCUT2D eigenvalue weighted by atomic mass is 16.5. The van der Waals surface area contributed by atoms with Crippen molar-refractivity contribution in [2.24, 2.45) is 0 Å². The maximum Gasteiger partial charge on any atom is 0.309 e. The number of ether oxygens (including phenoxy) is 1. The van der Waals surface area contributed by atoms with Crippen molar-refractivity contribution in [2.45, 2.75) is 32.0 Å². The van der Waals surface area contributed by atoms with E-state index < -0.39 is 24.1 Å². The van der Waals surface area contributed by atoms with Crippen LogP contribution in [0.3, 0.4) is 0 Å². The maximum atomic E-state index is 11.6. The molecule has 0 aromatic carbocycles. The van der Waals surface area contributed by atoms with E-state index in [1.807, 2.05) is 21.1 Å². The molecule has 19 heavy (non-hydrogen) atoms. The number of nitrogens with zero attached hydrogens (tertiary/aromatic N) is 1. The highest BCUT2D eigenvalue weighted by Gasteiger charge is 2.23. The highest BCUT2D eigenvalue weighted by Crippen LogP contribution is 2.07. The van der Waals surface area contributed by atoms with Gasteiger partial charge in [0.1, 0.15) is 6.54 Å². The first-order valence-corrected chi connectivity index (χ1v) is 6.14. The number of esters is 1. The molecular formula is C13H23NO5. The van der Waals surface area contributed by atoms with Gasteiger partial charge < -0.3 is 24.2 Å². The fourth-order valence-corrected chi connectivity index (χ4v) is 1.64. The number of aliphatic carboxylic acids is 1. The molecule has 0 bridgehead atoms. The van der Waals surface area contributed by atoms with Crippen molar-refractivity contribution in [2.75, 3.05) is 27.7 Å². The number of carbonyl (C=O) groups is 2. The van der Waals surface area contributed by atoms with Crippen LogP contribution in [0.5, 0.6) is 0 Å². The summed E-state index contributed by atoms with van der Waals surface area (Å²) in [6.07, 6.45) is 0.893. The molecule has 0 saturated heterocycles. The predicted molar refractivity (Wildman–Crippen MR) is 67.8 cm³/mol. The molecule has 110 valence electrons. The molecule has 0 aliphatic heterocycles. The van der Waals surface area contributed by atoms with Crippen molar-refractivity contribution in [3.63, 3.8) is 0 Å². The minimum Gasteiger partial charge on any atom is -0.550 e. The van der Waals surface area contributed by atoms with Crippen LogP contribution in [0.15, 0.2) is 12.2 Å². The van der Waals surface area contributed by atoms with Gasteiger partial charge in [-0.2, -0.15) is 0 Å². The van der Waals surface area contributed by atoms with E-state index in [4.69, 9.17) is 4.74 Å². The molecule has 1 N–H and O–H groups in total. The Morgan fingerprint density at radius 2 is 1.89 bits per heavy atom. The number of carboxylic acid groups (broad SMARTS) is 1. The van der Waals surface area contributed by atoms with Crippen LogP contribution in [0.1, 0.15) is 19.8 Å². The zero-order chi connectivity index (χ0) is 15.1. The van der Waals surface area contributed by atoms with Crippen LogP contribution in [-0.2, 0) is 14.3 Å². The second kappa shape index (κ2) is 7.91. The Morgan fingerprint density at radius 1 is 1.32 bits per heavy atom. The molecule has 2 atom stereocenters. The Balaban J connectivity index is 4.46. The second-order valence-corrected chi connectivity index (χ2v) is 5.46. The van der Waals surface area contributed by atoms with Crippen LogP contribution in [0.25, 0.3) is 0 Å². The lowest BCUT2D eigenvalue weighted by atomic mass is 10.2. The summed E-state index contributed by atoms with van der Waals surface area (Å²) in [5.74, 6) is -1.88. The number of quaternary nitrogens is 1. The first-order chi connectivity index (χ1) is 8.64. The van der Waals surface area contributed by atoms with Gasteiger partial charge in [-0.15, -0.1) is 0 Å². The highest BCUT2D eigenvalue weighted by molar-refractivity contribution is 5.71. The summed E-state index contributed by atoms with van der Waals surface area (Å²) in [4.78, 5) is 22.2. The number of allylic oxidation sites excluding steroid dienone is 1. The van der Waals surface area contributed by atoms with E-state index in [9.17, 15) is 19.8 Å². The van der Waals surface area contributed by atoms with Gasteiger partial charge in [0.2, 0.25) is 0 Å². The summed E-state index contributed by atoms with van der Waals surface area (Å²) >= 11 is 0. The molecule has 0 amide bonds. The van der Waals surface area contributed by atoms with Gasteiger partial charge in [-0.25, -0.2) is 0 Å². The Morgan fingerprint density at radius 3 is 2.32 bits per heavy atom. The zero-order valence-electron chi connectivity index (χ0n) is 12.0. The van der Waals surface area contributed by atoms with Gasteiger partial charge in [0.25, 0.3) is 0 Å². The van der Waals surface area contributed by atoms with Crippen LogP contribution >= 0.6 is 0 Å². The average Bonchev–Trinajstić information content (AvgIpc) is 2.12. The van der Waals surface area contributed by atoms with Gasteiger partial charge in [-0.1, -0.05) is 12.2 Å². The van der Waals surface area contributed by atoms with Gasteiger partial charge in [0.15, 0.2) is 6.10 Å². The van der Waals surface area contributed by atoms with Gasteiger partial charge >= 0.3 is 5.97 Å². The van der Waals surface area contributed by atoms with Crippen molar-refractivity contribution in [1.29, 1.82) is 0 Å². The van der Waals surface area contributed by atoms with Crippen molar-refractivity contribution in [3.05, 3.63) is 12.2 Å². The molecule has 0 fully saturated rings. The van der Waals surface area contributed by atoms with Crippen molar-refractivity contribution in [1.82, 2.24) is 0 Å². The number of hydrogen-bond acceptors (Lipinski definition) is 5. The van der Waals surface area contributed by atoms with Crippen LogP contribution in [-0.4, -0.2) is 61.4 Å². The predicted octanol–water partition coefficient (Wildman–Crippen LogP) is -0.928. The van der Waals surface area contributed by atoms with E-state index in [2.05, 4.69) is 0 Å². The molecule has 0 aromatic rings. The molecule has 6 nitrogen and oxygen atoms in total. The number of carboxylic acids is 1. The van der Waals surface area contributed by atoms with E-state index in [1.54, 1.807) is 13.0 Å². The van der Waals surface area contributed by atoms with Crippen LogP contribution in [0.2, 0.25) is 0 Å². The minimum absolute atomic E-state index is 0.189. The third kappa shape index (κ3) is 10.2. The lowest BCUT2D eigenvalue weighted by molar-refractivity contribution is -0.873. The van der Waals surface area contributed by atoms with Crippen LogP contribution in [0, 0.1) is 0 Å². The Labute approximate surface area is 113 Å². The summed E-state index contributed by atoms with van der Waals surface area (Å²) in [5, 5.41) is 20.1. The summed E-state index contributed by atoms with van der Waals surface area (Å²) in [5.41, 5.74) is 0. The van der Waals surface area contributed by atoms with Crippen molar-refractivity contribution in [3.8, 4) is 0 Å². The lowest BCUT2D eigenvalue weighted by Gasteiger charge is -2.29. The third-order valence-corrected chi connectivity index (χ3v) is 2.23. The Bertz CT molecular complexity index is 332. The second-order valence-electron chi connectivity index (χ2n) is 5.46. The number of aliphatic hydroxyl groups is 1. The SMILES string of the molecule is C/C=C/C(O)CC(=O)OC(CC(=O)[O-])C[N+](C)(C)C. The molecule has 0 heterocycles. The average molecular weight is 273 g/mol. The first-order valence-electron chi connectivity index (χ1n) is 6.14. The minimum atomic E-state index is -1.26. The monoisotopic (exact) mass is 273 g/mol. The van der Waals surface area contributed by atoms with Gasteiger partial charge in [-0.05, 0) is 6.92 Å². The fraction of sp³-hybridized carbons (Fsp3) is 0.692. The molecule has 0 aromatic heterocycles. The summed E-state index contributed by atoms with van der Waals surface area (Å²) in [6, 6.07) is 0. The normalized spacial score (nSPS) is 15.2. The topological polar surface area (TPSA) is 86.7 Å². The van der Waals surface area contributed by atoms with Gasteiger partial charge in [0.05, 0.1) is 33.7 Å². The van der Waals surface area contributed by atoms with E-state index in [-0.39, 0.29) is 12.8 Å². The molecule has 2 unspecified atom stereocenters. The third-order valence-electron chi connectivity index (χ3n) is 2.23. The standard InChI is InChI=1S/C13H23NO5/c1-5-6-10(15)7-13(18)19-11(8-12(16)17)9-14(2,3)4/h5-6,10-11,15H,7-9H2,1-4H3/b6-5+. The first kappa shape index (κ1) is 17.6. The molecule has 0 spiro atoms. The van der Waals surface area contributed by atoms with Crippen LogP contribution in [0.4, 0.5) is 0 Å². The number of hydrogen-bond donors (Lipinski definition) is 1. The quantitative estimate of drug-likeness (QED) is 0.351. The molecular weight excluding hydrogens is 250 g/mol.